The number of methoxy groups -OCH3 is 2. The Morgan fingerprint density at radius 3 is 1.18 bits per heavy atom. The third-order valence-corrected chi connectivity index (χ3v) is 32.6. The van der Waals surface area contributed by atoms with Crippen LogP contribution in [0.3, 0.4) is 0 Å². The van der Waals surface area contributed by atoms with Gasteiger partial charge in [0, 0.05) is 174 Å². The highest BCUT2D eigenvalue weighted by molar-refractivity contribution is 5.74. The molecule has 822 valence electrons. The van der Waals surface area contributed by atoms with Crippen molar-refractivity contribution in [2.75, 3.05) is 194 Å². The minimum atomic E-state index is -1.56. The summed E-state index contributed by atoms with van der Waals surface area (Å²) in [6.07, 6.45) is -12.9. The van der Waals surface area contributed by atoms with Crippen molar-refractivity contribution in [2.24, 2.45) is 35.5 Å². The number of piperazine rings is 2. The first-order valence-corrected chi connectivity index (χ1v) is 53.4. The van der Waals surface area contributed by atoms with Gasteiger partial charge in [0.1, 0.15) is 42.9 Å². The fraction of sp³-hybridized carbons (Fsp3) is 0.952. The number of nitrogens with one attached hydrogen (secondary N) is 1. The van der Waals surface area contributed by atoms with Crippen LogP contribution in [0.4, 0.5) is 9.59 Å². The molecular formula is C104H194N10O27. The molecule has 0 radical (unpaired) electrons. The zero-order valence-electron chi connectivity index (χ0n) is 92.5. The number of nitrogens with zero attached hydrogens (tertiary/aromatic N) is 9. The number of hydrogen-bond donors (Lipinski definition) is 5. The number of carbonyl (C=O) groups is 5. The lowest BCUT2D eigenvalue weighted by Crippen LogP contribution is -2.61. The Labute approximate surface area is 846 Å². The molecule has 10 rings (SSSR count). The van der Waals surface area contributed by atoms with Gasteiger partial charge in [0.2, 0.25) is 0 Å². The van der Waals surface area contributed by atoms with Crippen LogP contribution in [0.2, 0.25) is 0 Å². The van der Waals surface area contributed by atoms with Gasteiger partial charge in [-0.2, -0.15) is 0 Å². The molecule has 5 N–H and O–H groups in total. The quantitative estimate of drug-likeness (QED) is 0.0178. The molecule has 36 atom stereocenters. The Bertz CT molecular complexity index is 3710. The summed E-state index contributed by atoms with van der Waals surface area (Å²) in [4.78, 5) is 86.8. The van der Waals surface area contributed by atoms with E-state index in [1.54, 1.807) is 55.8 Å². The van der Waals surface area contributed by atoms with Gasteiger partial charge in [-0.1, -0.05) is 69.2 Å². The van der Waals surface area contributed by atoms with Crippen molar-refractivity contribution in [1.82, 2.24) is 49.4 Å². The first-order valence-electron chi connectivity index (χ1n) is 53.4. The zero-order chi connectivity index (χ0) is 105. The van der Waals surface area contributed by atoms with E-state index in [4.69, 9.17) is 85.3 Å². The molecule has 37 heteroatoms. The number of esters is 2. The molecule has 10 heterocycles. The van der Waals surface area contributed by atoms with Crippen molar-refractivity contribution < 1.29 is 130 Å². The van der Waals surface area contributed by atoms with Crippen LogP contribution >= 0.6 is 0 Å². The minimum Gasteiger partial charge on any atom is -0.458 e. The van der Waals surface area contributed by atoms with Crippen LogP contribution in [-0.2, 0) is 99.6 Å². The number of carbonyl (C=O) groups excluding carboxylic acids is 5. The summed E-state index contributed by atoms with van der Waals surface area (Å²) in [5.41, 5.74) is -7.46. The topological polar surface area (TPSA) is 374 Å². The third-order valence-electron chi connectivity index (χ3n) is 32.6. The maximum Gasteiger partial charge on any atom is 0.509 e. The Balaban J connectivity index is 0.000000309. The molecule has 10 aliphatic heterocycles. The number of cyclic esters (lactones) is 2. The zero-order valence-corrected chi connectivity index (χ0v) is 92.5. The summed E-state index contributed by atoms with van der Waals surface area (Å²) in [5.74, 6) is -4.89. The molecular weight excluding hydrogens is 1820 g/mol. The number of aliphatic hydroxyl groups is 4. The van der Waals surface area contributed by atoms with Crippen molar-refractivity contribution >= 4 is 30.5 Å². The van der Waals surface area contributed by atoms with Crippen LogP contribution < -0.4 is 5.32 Å². The second-order valence-corrected chi connectivity index (χ2v) is 44.5. The molecule has 0 spiro atoms. The largest absolute Gasteiger partial charge is 0.509 e. The van der Waals surface area contributed by atoms with Gasteiger partial charge in [-0.3, -0.25) is 29.2 Å². The molecule has 0 amide bonds. The van der Waals surface area contributed by atoms with Gasteiger partial charge >= 0.3 is 24.2 Å². The third kappa shape index (κ3) is 32.1. The van der Waals surface area contributed by atoms with E-state index in [1.165, 1.54) is 39.3 Å². The predicted molar refractivity (Wildman–Crippen MR) is 535 cm³/mol. The standard InChI is InChI=1S/C52H97N5O13.C42H74N2O14.C10H23N3/c1-17-40-52(12)45(69-49(60)70-52)37(8)54(15)32-33(4)30-50(10,61)44(68-48-42(58)39(53(13)14)29-34(5)64-48)35(6)43(36(7)47(59)66-40)67-41-31-51(11,62-16)46(38(9)65-41)63-28-20-21-56-24-26-57(27-25-56)23-22-55(18-2)19-3;1-15-30-42(10)35(57-39(48)58-42)27(6)44(13)22-23(2)20-40(8,49)34(56-38-32(46)29(43(11)12)19-24(3)52-38)25(4)33(26(5)37(47)54-30)55-31-21-41(9,50-14)36(28(7)53-31)51-18-16-17-45;1-3-12(4-2)9-10-13-7-5-11-6-8-13/h33-46,48,58,61H,17-32H2,1-16H3;17,23-36,38,46,49H,15-16,18-22H2,1-14H3;11H,3-10H2,1-2H3/t33-,34-,35+,36-,37-,38+,39+,40-,41+,42-,43+,44-,45-,46+,48+,50-,51-,52-;23-,24-,25+,26-,27-,28+,29+,30-,31+,32-,33+,34-,35-,36+,38+,40-,41-,42-;/m11./s1. The molecule has 0 aromatic heterocycles. The molecule has 0 unspecified atom stereocenters. The molecule has 37 nitrogen and oxygen atoms in total. The maximum atomic E-state index is 14.8. The van der Waals surface area contributed by atoms with Crippen molar-refractivity contribution in [3.8, 4) is 0 Å². The fourth-order valence-electron chi connectivity index (χ4n) is 23.9. The van der Waals surface area contributed by atoms with Gasteiger partial charge in [-0.05, 0) is 222 Å². The van der Waals surface area contributed by atoms with E-state index in [9.17, 15) is 44.4 Å². The highest BCUT2D eigenvalue weighted by atomic mass is 16.8. The second kappa shape index (κ2) is 55.2. The van der Waals surface area contributed by atoms with Gasteiger partial charge in [0.25, 0.3) is 0 Å². The number of fused-ring (bicyclic) bond motifs is 2. The van der Waals surface area contributed by atoms with E-state index in [2.05, 4.69) is 74.2 Å². The smallest absolute Gasteiger partial charge is 0.458 e. The van der Waals surface area contributed by atoms with Crippen LogP contribution in [0.1, 0.15) is 230 Å². The average Bonchev–Trinajstić information content (AvgIpc) is 1.59. The van der Waals surface area contributed by atoms with Crippen LogP contribution in [0.5, 0.6) is 0 Å². The summed E-state index contributed by atoms with van der Waals surface area (Å²) in [7, 11) is 14.7. The van der Waals surface area contributed by atoms with E-state index in [0.717, 1.165) is 84.7 Å². The Kier molecular flexibility index (Phi) is 47.9. The van der Waals surface area contributed by atoms with E-state index in [-0.39, 0.29) is 86.9 Å². The SMILES string of the molecule is CCN(CC)CCN1CCNCC1.CC[C@H]1OC(=O)[C@H](C)[C@@H](O[C@H]2C[C@@](C)(OC)[C@@H](OCCC=O)[C@H](C)O2)[C@H](C)[C@@H](O[C@@H]2O[C@H](C)C[C@H](N(C)C)[C@H]2O)[C@](C)(O)C[C@@H](C)CN(C)[C@H](C)[C@H]2OC(=O)O[C@@]21C.CC[C@H]1OC(=O)[C@H](C)[C@@H](O[C@H]2C[C@@](C)(OC)[C@@H](OCCCN3CCN(CCN(CC)CC)CC3)[C@H](C)O2)[C@H](C)[C@@H](O[C@@H]2O[C@H](C)C[C@H](N(C)C)[C@H]2O)[C@](C)(O)C[C@@H](C)CN(C)[C@H](C)[C@H]2OC(=O)O[C@@]21C. The first-order chi connectivity index (χ1) is 66.3. The fourth-order valence-corrected chi connectivity index (χ4v) is 23.9. The molecule has 10 fully saturated rings. The lowest BCUT2D eigenvalue weighted by atomic mass is 9.77. The number of hydrogen-bond acceptors (Lipinski definition) is 37. The number of aliphatic hydroxyl groups excluding tert-OH is 2. The van der Waals surface area contributed by atoms with Crippen molar-refractivity contribution in [1.29, 1.82) is 0 Å². The van der Waals surface area contributed by atoms with Gasteiger partial charge < -0.3 is 140 Å². The molecule has 0 aromatic rings. The molecule has 141 heavy (non-hydrogen) atoms. The van der Waals surface area contributed by atoms with Gasteiger partial charge in [-0.25, -0.2) is 9.59 Å². The molecule has 0 aliphatic carbocycles. The van der Waals surface area contributed by atoms with Crippen molar-refractivity contribution in [3.63, 3.8) is 0 Å². The summed E-state index contributed by atoms with van der Waals surface area (Å²) in [6, 6.07) is -1.25. The molecule has 10 aliphatic rings. The van der Waals surface area contributed by atoms with E-state index >= 15 is 0 Å². The number of likely N-dealkylation sites (N-methyl/N-ethyl adjacent to an activating group) is 6. The summed E-state index contributed by atoms with van der Waals surface area (Å²) in [6.45, 7) is 67.2. The van der Waals surface area contributed by atoms with E-state index < -0.39 is 192 Å². The van der Waals surface area contributed by atoms with Crippen molar-refractivity contribution in [2.45, 2.75) is 411 Å². The van der Waals surface area contributed by atoms with E-state index in [1.807, 2.05) is 142 Å². The number of aldehydes is 1. The Morgan fingerprint density at radius 1 is 0.475 bits per heavy atom. The lowest BCUT2D eigenvalue weighted by molar-refractivity contribution is -0.321. The van der Waals surface area contributed by atoms with Crippen LogP contribution in [0.25, 0.3) is 0 Å². The van der Waals surface area contributed by atoms with Crippen molar-refractivity contribution in [3.05, 3.63) is 0 Å². The number of ether oxygens (including phenoxy) is 18. The summed E-state index contributed by atoms with van der Waals surface area (Å²) in [5, 5.41) is 52.3. The Morgan fingerprint density at radius 2 is 0.837 bits per heavy atom. The van der Waals surface area contributed by atoms with Gasteiger partial charge in [-0.15, -0.1) is 0 Å². The van der Waals surface area contributed by atoms with Crippen LogP contribution in [0.15, 0.2) is 0 Å². The summed E-state index contributed by atoms with van der Waals surface area (Å²) < 4.78 is 115. The maximum absolute atomic E-state index is 14.8. The lowest BCUT2D eigenvalue weighted by Gasteiger charge is -2.49. The highest BCUT2D eigenvalue weighted by Crippen LogP contribution is 2.47. The van der Waals surface area contributed by atoms with Crippen LogP contribution in [0, 0.1) is 35.5 Å². The van der Waals surface area contributed by atoms with Gasteiger partial charge in [0.05, 0.1) is 89.7 Å². The molecule has 0 aromatic carbocycles. The Hall–Kier alpha value is -3.89. The summed E-state index contributed by atoms with van der Waals surface area (Å²) >= 11 is 0. The first kappa shape index (κ1) is 122. The average molecular weight is 2020 g/mol. The normalized spacial score (nSPS) is 42.0. The van der Waals surface area contributed by atoms with E-state index in [0.29, 0.717) is 45.4 Å². The molecule has 10 saturated heterocycles. The predicted octanol–water partition coefficient (Wildman–Crippen LogP) is 8.39. The number of rotatable bonds is 33. The minimum absolute atomic E-state index is 0.114. The monoisotopic (exact) mass is 2020 g/mol. The molecule has 0 bridgehead atoms. The van der Waals surface area contributed by atoms with Crippen LogP contribution in [-0.4, -0.2) is 470 Å². The highest BCUT2D eigenvalue weighted by Gasteiger charge is 2.62. The van der Waals surface area contributed by atoms with Gasteiger partial charge in [0.15, 0.2) is 48.6 Å². The second-order valence-electron chi connectivity index (χ2n) is 44.5. The molecule has 0 saturated carbocycles.